The van der Waals surface area contributed by atoms with Crippen LogP contribution in [0.5, 0.6) is 0 Å². The van der Waals surface area contributed by atoms with E-state index in [2.05, 4.69) is 39.8 Å². The molecule has 3 aromatic rings. The lowest BCUT2D eigenvalue weighted by Gasteiger charge is -2.24. The van der Waals surface area contributed by atoms with E-state index in [9.17, 15) is 0 Å². The zero-order chi connectivity index (χ0) is 15.6. The predicted octanol–water partition coefficient (Wildman–Crippen LogP) is 4.45. The maximum Gasteiger partial charge on any atom is 0.139 e. The number of pyridine rings is 2. The van der Waals surface area contributed by atoms with Gasteiger partial charge >= 0.3 is 0 Å². The Labute approximate surface area is 136 Å². The predicted molar refractivity (Wildman–Crippen MR) is 93.7 cm³/mol. The molecule has 0 spiro atoms. The second-order valence-corrected chi connectivity index (χ2v) is 6.38. The molecule has 0 amide bonds. The summed E-state index contributed by atoms with van der Waals surface area (Å²) in [4.78, 5) is 9.01. The molecule has 3 heterocycles. The third kappa shape index (κ3) is 2.69. The van der Waals surface area contributed by atoms with Crippen LogP contribution in [0.15, 0.2) is 42.7 Å². The second-order valence-electron chi connectivity index (χ2n) is 6.38. The Kier molecular flexibility index (Phi) is 3.74. The number of aryl methyl sites for hydroxylation is 1. The van der Waals surface area contributed by atoms with Crippen molar-refractivity contribution >= 4 is 11.5 Å². The molecular formula is C19H22N4. The molecule has 4 heteroatoms. The average molecular weight is 306 g/mol. The fraction of sp³-hybridized carbons (Fsp3) is 0.368. The fourth-order valence-electron chi connectivity index (χ4n) is 3.54. The van der Waals surface area contributed by atoms with Gasteiger partial charge in [0.25, 0.3) is 0 Å². The summed E-state index contributed by atoms with van der Waals surface area (Å²) in [5.74, 6) is 1.12. The third-order valence-electron chi connectivity index (χ3n) is 4.74. The van der Waals surface area contributed by atoms with Gasteiger partial charge in [-0.3, -0.25) is 9.38 Å². The molecule has 118 valence electrons. The summed E-state index contributed by atoms with van der Waals surface area (Å²) in [5.41, 5.74) is 4.33. The van der Waals surface area contributed by atoms with Gasteiger partial charge in [-0.2, -0.15) is 0 Å². The number of nitrogens with zero attached hydrogens (tertiary/aromatic N) is 3. The van der Waals surface area contributed by atoms with Crippen molar-refractivity contribution in [2.45, 2.75) is 45.1 Å². The SMILES string of the molecule is Cc1cccc2nc(-c3ccncc3)c(NC3CCCCC3)n12. The van der Waals surface area contributed by atoms with Gasteiger partial charge in [0.05, 0.1) is 0 Å². The molecule has 0 bridgehead atoms. The van der Waals surface area contributed by atoms with Crippen molar-refractivity contribution in [3.8, 4) is 11.3 Å². The lowest BCUT2D eigenvalue weighted by Crippen LogP contribution is -2.23. The first-order valence-electron chi connectivity index (χ1n) is 8.48. The molecule has 4 nitrogen and oxygen atoms in total. The van der Waals surface area contributed by atoms with Gasteiger partial charge in [0, 0.05) is 29.7 Å². The number of hydrogen-bond donors (Lipinski definition) is 1. The quantitative estimate of drug-likeness (QED) is 0.777. The largest absolute Gasteiger partial charge is 0.367 e. The first kappa shape index (κ1) is 14.2. The Hall–Kier alpha value is -2.36. The van der Waals surface area contributed by atoms with Gasteiger partial charge in [0.15, 0.2) is 0 Å². The molecule has 4 rings (SSSR count). The molecule has 0 atom stereocenters. The van der Waals surface area contributed by atoms with Crippen LogP contribution in [-0.4, -0.2) is 20.4 Å². The first-order chi connectivity index (χ1) is 11.3. The molecule has 23 heavy (non-hydrogen) atoms. The topological polar surface area (TPSA) is 42.2 Å². The van der Waals surface area contributed by atoms with Gasteiger partial charge in [-0.1, -0.05) is 25.3 Å². The van der Waals surface area contributed by atoms with E-state index in [4.69, 9.17) is 4.98 Å². The highest BCUT2D eigenvalue weighted by Crippen LogP contribution is 2.32. The molecule has 1 aliphatic carbocycles. The van der Waals surface area contributed by atoms with E-state index in [-0.39, 0.29) is 0 Å². The summed E-state index contributed by atoms with van der Waals surface area (Å²) in [6.07, 6.45) is 10.1. The normalized spacial score (nSPS) is 15.9. The van der Waals surface area contributed by atoms with Crippen LogP contribution >= 0.6 is 0 Å². The molecule has 0 aromatic carbocycles. The average Bonchev–Trinajstić information content (AvgIpc) is 2.96. The van der Waals surface area contributed by atoms with E-state index in [1.807, 2.05) is 24.5 Å². The second kappa shape index (κ2) is 6.03. The van der Waals surface area contributed by atoms with Gasteiger partial charge in [-0.15, -0.1) is 0 Å². The summed E-state index contributed by atoms with van der Waals surface area (Å²) in [6.45, 7) is 2.14. The first-order valence-corrected chi connectivity index (χ1v) is 8.48. The van der Waals surface area contributed by atoms with Crippen molar-refractivity contribution in [2.24, 2.45) is 0 Å². The van der Waals surface area contributed by atoms with Crippen molar-refractivity contribution in [1.82, 2.24) is 14.4 Å². The van der Waals surface area contributed by atoms with Crippen LogP contribution in [0.1, 0.15) is 37.8 Å². The number of fused-ring (bicyclic) bond motifs is 1. The monoisotopic (exact) mass is 306 g/mol. The number of hydrogen-bond acceptors (Lipinski definition) is 3. The molecule has 0 aliphatic heterocycles. The Balaban J connectivity index is 1.84. The Morgan fingerprint density at radius 1 is 1.04 bits per heavy atom. The third-order valence-corrected chi connectivity index (χ3v) is 4.74. The molecule has 0 unspecified atom stereocenters. The van der Waals surface area contributed by atoms with Gasteiger partial charge in [0.2, 0.25) is 0 Å². The lowest BCUT2D eigenvalue weighted by atomic mass is 9.95. The smallest absolute Gasteiger partial charge is 0.139 e. The highest BCUT2D eigenvalue weighted by atomic mass is 15.2. The van der Waals surface area contributed by atoms with Crippen LogP contribution in [0.25, 0.3) is 16.9 Å². The van der Waals surface area contributed by atoms with Crippen molar-refractivity contribution in [2.75, 3.05) is 5.32 Å². The van der Waals surface area contributed by atoms with Crippen LogP contribution in [0.4, 0.5) is 5.82 Å². The van der Waals surface area contributed by atoms with Crippen LogP contribution in [0.2, 0.25) is 0 Å². The maximum atomic E-state index is 4.88. The van der Waals surface area contributed by atoms with Gasteiger partial charge in [0.1, 0.15) is 17.2 Å². The van der Waals surface area contributed by atoms with Crippen molar-refractivity contribution in [1.29, 1.82) is 0 Å². The van der Waals surface area contributed by atoms with Crippen LogP contribution in [0, 0.1) is 6.92 Å². The van der Waals surface area contributed by atoms with E-state index in [0.717, 1.165) is 22.7 Å². The van der Waals surface area contributed by atoms with Crippen molar-refractivity contribution < 1.29 is 0 Å². The Morgan fingerprint density at radius 3 is 2.61 bits per heavy atom. The van der Waals surface area contributed by atoms with Crippen LogP contribution < -0.4 is 5.32 Å². The number of imidazole rings is 1. The van der Waals surface area contributed by atoms with Crippen molar-refractivity contribution in [3.05, 3.63) is 48.4 Å². The van der Waals surface area contributed by atoms with Crippen LogP contribution in [-0.2, 0) is 0 Å². The molecule has 1 saturated carbocycles. The summed E-state index contributed by atoms with van der Waals surface area (Å²) in [6, 6.07) is 10.9. The molecule has 3 aromatic heterocycles. The number of anilines is 1. The minimum Gasteiger partial charge on any atom is -0.367 e. The summed E-state index contributed by atoms with van der Waals surface area (Å²) in [5, 5.41) is 3.79. The summed E-state index contributed by atoms with van der Waals surface area (Å²) >= 11 is 0. The summed E-state index contributed by atoms with van der Waals surface area (Å²) < 4.78 is 2.24. The maximum absolute atomic E-state index is 4.88. The minimum atomic E-state index is 0.545. The standard InChI is InChI=1S/C19H22N4/c1-14-6-5-9-17-22-18(15-10-12-20-13-11-15)19(23(14)17)21-16-7-3-2-4-8-16/h5-6,9-13,16,21H,2-4,7-8H2,1H3. The fourth-order valence-corrected chi connectivity index (χ4v) is 3.54. The molecular weight excluding hydrogens is 284 g/mol. The van der Waals surface area contributed by atoms with E-state index >= 15 is 0 Å². The van der Waals surface area contributed by atoms with Gasteiger partial charge < -0.3 is 5.32 Å². The number of aromatic nitrogens is 3. The molecule has 0 radical (unpaired) electrons. The van der Waals surface area contributed by atoms with Gasteiger partial charge in [-0.05, 0) is 44.0 Å². The van der Waals surface area contributed by atoms with Gasteiger partial charge in [-0.25, -0.2) is 4.98 Å². The van der Waals surface area contributed by atoms with E-state index in [0.29, 0.717) is 6.04 Å². The highest BCUT2D eigenvalue weighted by molar-refractivity contribution is 5.76. The van der Waals surface area contributed by atoms with E-state index in [1.165, 1.54) is 37.8 Å². The molecule has 1 fully saturated rings. The van der Waals surface area contributed by atoms with E-state index in [1.54, 1.807) is 0 Å². The van der Waals surface area contributed by atoms with Crippen molar-refractivity contribution in [3.63, 3.8) is 0 Å². The highest BCUT2D eigenvalue weighted by Gasteiger charge is 2.20. The number of rotatable bonds is 3. The Morgan fingerprint density at radius 2 is 1.83 bits per heavy atom. The molecule has 0 saturated heterocycles. The zero-order valence-corrected chi connectivity index (χ0v) is 13.5. The van der Waals surface area contributed by atoms with E-state index < -0.39 is 0 Å². The summed E-state index contributed by atoms with van der Waals surface area (Å²) in [7, 11) is 0. The number of nitrogens with one attached hydrogen (secondary N) is 1. The molecule has 1 N–H and O–H groups in total. The minimum absolute atomic E-state index is 0.545. The molecule has 1 aliphatic rings. The zero-order valence-electron chi connectivity index (χ0n) is 13.5. The lowest BCUT2D eigenvalue weighted by molar-refractivity contribution is 0.461. The Bertz CT molecular complexity index is 801. The van der Waals surface area contributed by atoms with Crippen LogP contribution in [0.3, 0.4) is 0 Å².